The van der Waals surface area contributed by atoms with Crippen molar-refractivity contribution in [3.05, 3.63) is 28.0 Å². The Bertz CT molecular complexity index is 437. The third-order valence-corrected chi connectivity index (χ3v) is 2.41. The van der Waals surface area contributed by atoms with Gasteiger partial charge in [-0.3, -0.25) is 4.79 Å². The summed E-state index contributed by atoms with van der Waals surface area (Å²) >= 11 is 3.06. The number of halogens is 2. The number of hydrogen-bond acceptors (Lipinski definition) is 1. The average molecular weight is 270 g/mol. The molecule has 0 saturated carbocycles. The van der Waals surface area contributed by atoms with E-state index in [1.807, 2.05) is 0 Å². The second-order valence-corrected chi connectivity index (χ2v) is 3.86. The van der Waals surface area contributed by atoms with Gasteiger partial charge in [0.15, 0.2) is 0 Å². The first kappa shape index (κ1) is 11.7. The Balaban J connectivity index is 2.92. The highest BCUT2D eigenvalue weighted by Gasteiger charge is 2.07. The molecule has 0 aliphatic heterocycles. The Morgan fingerprint density at radius 3 is 2.93 bits per heavy atom. The second-order valence-electron chi connectivity index (χ2n) is 3.01. The molecule has 0 bridgehead atoms. The minimum Gasteiger partial charge on any atom is -0.325 e. The fourth-order valence-corrected chi connectivity index (χ4v) is 1.53. The molecule has 78 valence electrons. The first-order chi connectivity index (χ1) is 7.04. The normalized spacial score (nSPS) is 9.47. The molecule has 0 fully saturated rings. The maximum Gasteiger partial charge on any atom is 0.236 e. The molecule has 0 heterocycles. The molecule has 2 nitrogen and oxygen atoms in total. The molecule has 15 heavy (non-hydrogen) atoms. The first-order valence-electron chi connectivity index (χ1n) is 4.23. The van der Waals surface area contributed by atoms with Gasteiger partial charge in [0.1, 0.15) is 5.82 Å². The van der Waals surface area contributed by atoms with Crippen LogP contribution in [0, 0.1) is 25.1 Å². The Labute approximate surface area is 96.0 Å². The summed E-state index contributed by atoms with van der Waals surface area (Å²) in [5, 5.41) is 2.54. The molecule has 1 N–H and O–H groups in total. The van der Waals surface area contributed by atoms with E-state index in [1.54, 1.807) is 13.0 Å². The van der Waals surface area contributed by atoms with E-state index < -0.39 is 5.82 Å². The van der Waals surface area contributed by atoms with Crippen LogP contribution in [0.15, 0.2) is 16.6 Å². The fraction of sp³-hybridized carbons (Fsp3) is 0.182. The van der Waals surface area contributed by atoms with E-state index in [-0.39, 0.29) is 12.3 Å². The fourth-order valence-electron chi connectivity index (χ4n) is 1.07. The zero-order valence-electron chi connectivity index (χ0n) is 8.10. The van der Waals surface area contributed by atoms with E-state index in [0.717, 1.165) is 5.56 Å². The van der Waals surface area contributed by atoms with Gasteiger partial charge in [0.2, 0.25) is 5.91 Å². The number of hydrogen-bond donors (Lipinski definition) is 1. The van der Waals surface area contributed by atoms with E-state index in [0.29, 0.717) is 10.2 Å². The molecule has 0 saturated heterocycles. The number of terminal acetylenes is 1. The number of benzene rings is 1. The predicted octanol–water partition coefficient (Wildman–Crippen LogP) is 2.86. The van der Waals surface area contributed by atoms with Gasteiger partial charge in [0, 0.05) is 5.69 Å². The molecule has 0 spiro atoms. The summed E-state index contributed by atoms with van der Waals surface area (Å²) in [6.07, 6.45) is 4.97. The van der Waals surface area contributed by atoms with Gasteiger partial charge < -0.3 is 5.32 Å². The number of anilines is 1. The van der Waals surface area contributed by atoms with Crippen LogP contribution in [0.1, 0.15) is 12.0 Å². The summed E-state index contributed by atoms with van der Waals surface area (Å²) in [5.74, 6) is 1.48. The lowest BCUT2D eigenvalue weighted by Gasteiger charge is -2.08. The summed E-state index contributed by atoms with van der Waals surface area (Å²) in [7, 11) is 0. The summed E-state index contributed by atoms with van der Waals surface area (Å²) < 4.78 is 13.5. The van der Waals surface area contributed by atoms with Crippen molar-refractivity contribution in [2.45, 2.75) is 13.3 Å². The van der Waals surface area contributed by atoms with Gasteiger partial charge in [-0.1, -0.05) is 5.92 Å². The second kappa shape index (κ2) is 4.94. The van der Waals surface area contributed by atoms with E-state index in [2.05, 4.69) is 27.2 Å². The minimum absolute atomic E-state index is 0.0167. The number of aryl methyl sites for hydroxylation is 1. The number of rotatable bonds is 2. The van der Waals surface area contributed by atoms with Crippen molar-refractivity contribution in [3.63, 3.8) is 0 Å². The van der Waals surface area contributed by atoms with Crippen LogP contribution in [-0.4, -0.2) is 5.91 Å². The SMILES string of the molecule is C#CCC(=O)Nc1cc(F)c(Br)cc1C. The topological polar surface area (TPSA) is 29.1 Å². The zero-order chi connectivity index (χ0) is 11.4. The van der Waals surface area contributed by atoms with E-state index >= 15 is 0 Å². The molecular weight excluding hydrogens is 261 g/mol. The molecule has 0 aliphatic carbocycles. The van der Waals surface area contributed by atoms with Crippen LogP contribution >= 0.6 is 15.9 Å². The van der Waals surface area contributed by atoms with Crippen molar-refractivity contribution < 1.29 is 9.18 Å². The Kier molecular flexibility index (Phi) is 3.87. The highest BCUT2D eigenvalue weighted by atomic mass is 79.9. The Morgan fingerprint density at radius 1 is 1.67 bits per heavy atom. The molecule has 0 aliphatic rings. The maximum atomic E-state index is 13.2. The van der Waals surface area contributed by atoms with Crippen molar-refractivity contribution in [2.24, 2.45) is 0 Å². The highest BCUT2D eigenvalue weighted by Crippen LogP contribution is 2.23. The summed E-state index contributed by atoms with van der Waals surface area (Å²) in [5.41, 5.74) is 1.21. The molecule has 4 heteroatoms. The monoisotopic (exact) mass is 269 g/mol. The number of carbonyl (C=O) groups is 1. The molecular formula is C11H9BrFNO. The minimum atomic E-state index is -0.420. The van der Waals surface area contributed by atoms with Crippen LogP contribution in [0.25, 0.3) is 0 Å². The van der Waals surface area contributed by atoms with Gasteiger partial charge in [-0.15, -0.1) is 6.42 Å². The summed E-state index contributed by atoms with van der Waals surface area (Å²) in [4.78, 5) is 11.2. The first-order valence-corrected chi connectivity index (χ1v) is 5.03. The van der Waals surface area contributed by atoms with E-state index in [9.17, 15) is 9.18 Å². The molecule has 1 rings (SSSR count). The van der Waals surface area contributed by atoms with E-state index in [4.69, 9.17) is 6.42 Å². The molecule has 0 radical (unpaired) electrons. The number of nitrogens with one attached hydrogen (secondary N) is 1. The van der Waals surface area contributed by atoms with Crippen LogP contribution in [-0.2, 0) is 4.79 Å². The van der Waals surface area contributed by atoms with Gasteiger partial charge >= 0.3 is 0 Å². The largest absolute Gasteiger partial charge is 0.325 e. The van der Waals surface area contributed by atoms with Crippen LogP contribution in [0.3, 0.4) is 0 Å². The number of amides is 1. The van der Waals surface area contributed by atoms with Gasteiger partial charge in [-0.2, -0.15) is 0 Å². The molecule has 1 amide bonds. The van der Waals surface area contributed by atoms with Crippen molar-refractivity contribution in [2.75, 3.05) is 5.32 Å². The van der Waals surface area contributed by atoms with Crippen molar-refractivity contribution in [1.29, 1.82) is 0 Å². The summed E-state index contributed by atoms with van der Waals surface area (Å²) in [6.45, 7) is 1.77. The third kappa shape index (κ3) is 3.07. The Morgan fingerprint density at radius 2 is 2.33 bits per heavy atom. The number of carbonyl (C=O) groups excluding carboxylic acids is 1. The highest BCUT2D eigenvalue weighted by molar-refractivity contribution is 9.10. The van der Waals surface area contributed by atoms with Crippen LogP contribution in [0.5, 0.6) is 0 Å². The van der Waals surface area contributed by atoms with Crippen molar-refractivity contribution in [3.8, 4) is 12.3 Å². The van der Waals surface area contributed by atoms with Crippen molar-refractivity contribution in [1.82, 2.24) is 0 Å². The lowest BCUT2D eigenvalue weighted by atomic mass is 10.2. The molecule has 0 unspecified atom stereocenters. The lowest BCUT2D eigenvalue weighted by Crippen LogP contribution is -2.11. The van der Waals surface area contributed by atoms with Crippen LogP contribution in [0.4, 0.5) is 10.1 Å². The average Bonchev–Trinajstić information content (AvgIpc) is 2.14. The van der Waals surface area contributed by atoms with Crippen LogP contribution in [0.2, 0.25) is 0 Å². The standard InChI is InChI=1S/C11H9BrFNO/c1-3-4-11(15)14-10-6-9(13)8(12)5-7(10)2/h1,5-6H,4H2,2H3,(H,14,15). The van der Waals surface area contributed by atoms with Crippen molar-refractivity contribution >= 4 is 27.5 Å². The summed E-state index contributed by atoms with van der Waals surface area (Å²) in [6, 6.07) is 2.86. The van der Waals surface area contributed by atoms with Crippen LogP contribution < -0.4 is 5.32 Å². The lowest BCUT2D eigenvalue weighted by molar-refractivity contribution is -0.115. The molecule has 1 aromatic rings. The zero-order valence-corrected chi connectivity index (χ0v) is 9.69. The maximum absolute atomic E-state index is 13.2. The molecule has 0 aromatic heterocycles. The van der Waals surface area contributed by atoms with Gasteiger partial charge in [-0.05, 0) is 40.5 Å². The van der Waals surface area contributed by atoms with E-state index in [1.165, 1.54) is 6.07 Å². The van der Waals surface area contributed by atoms with Gasteiger partial charge in [0.25, 0.3) is 0 Å². The molecule has 1 aromatic carbocycles. The van der Waals surface area contributed by atoms with Gasteiger partial charge in [0.05, 0.1) is 10.9 Å². The Hall–Kier alpha value is -1.34. The third-order valence-electron chi connectivity index (χ3n) is 1.80. The van der Waals surface area contributed by atoms with Gasteiger partial charge in [-0.25, -0.2) is 4.39 Å². The predicted molar refractivity (Wildman–Crippen MR) is 60.9 cm³/mol. The smallest absolute Gasteiger partial charge is 0.236 e. The quantitative estimate of drug-likeness (QED) is 0.822. The molecule has 0 atom stereocenters.